The summed E-state index contributed by atoms with van der Waals surface area (Å²) >= 11 is 0. The summed E-state index contributed by atoms with van der Waals surface area (Å²) in [7, 11) is -1.35. The highest BCUT2D eigenvalue weighted by atomic mass is 28.3. The van der Waals surface area contributed by atoms with Crippen molar-refractivity contribution in [1.82, 2.24) is 14.5 Å². The first-order valence-corrected chi connectivity index (χ1v) is 14.3. The Bertz CT molecular complexity index is 1320. The Labute approximate surface area is 190 Å². The number of aromatic amines is 1. The molecule has 0 saturated carbocycles. The van der Waals surface area contributed by atoms with Crippen LogP contribution in [0.15, 0.2) is 48.8 Å². The van der Waals surface area contributed by atoms with Crippen molar-refractivity contribution in [3.63, 3.8) is 0 Å². The Balaban J connectivity index is 1.90. The normalized spacial score (nSPS) is 11.9. The Morgan fingerprint density at radius 2 is 1.94 bits per heavy atom. The molecule has 9 heteroatoms. The zero-order chi connectivity index (χ0) is 23.8. The summed E-state index contributed by atoms with van der Waals surface area (Å²) in [6.07, 6.45) is 3.37. The van der Waals surface area contributed by atoms with Gasteiger partial charge in [-0.25, -0.2) is 18.6 Å². The summed E-state index contributed by atoms with van der Waals surface area (Å²) < 4.78 is 36.0. The molecule has 3 aromatic heterocycles. The van der Waals surface area contributed by atoms with Crippen molar-refractivity contribution < 1.29 is 23.4 Å². The van der Waals surface area contributed by atoms with Gasteiger partial charge < -0.3 is 19.4 Å². The molecular weight excluding hydrogens is 444 g/mol. The molecular formula is C24H25F2N3O3Si. The minimum absolute atomic E-state index is 0.00628. The summed E-state index contributed by atoms with van der Waals surface area (Å²) in [6.45, 7) is 7.22. The topological polar surface area (TPSA) is 80.1 Å². The maximum atomic E-state index is 14.8. The average Bonchev–Trinajstić information content (AvgIpc) is 3.35. The Morgan fingerprint density at radius 1 is 1.15 bits per heavy atom. The molecule has 2 N–H and O–H groups in total. The van der Waals surface area contributed by atoms with E-state index in [-0.39, 0.29) is 23.6 Å². The van der Waals surface area contributed by atoms with Gasteiger partial charge in [-0.2, -0.15) is 0 Å². The first-order valence-electron chi connectivity index (χ1n) is 10.6. The molecule has 6 nitrogen and oxygen atoms in total. The molecule has 172 valence electrons. The third-order valence-electron chi connectivity index (χ3n) is 5.47. The van der Waals surface area contributed by atoms with Crippen LogP contribution < -0.4 is 0 Å². The van der Waals surface area contributed by atoms with E-state index in [1.807, 2.05) is 6.07 Å². The predicted octanol–water partition coefficient (Wildman–Crippen LogP) is 5.99. The highest BCUT2D eigenvalue weighted by molar-refractivity contribution is 6.76. The first-order chi connectivity index (χ1) is 15.7. The van der Waals surface area contributed by atoms with Crippen LogP contribution in [0.1, 0.15) is 10.4 Å². The number of rotatable bonds is 8. The number of nitrogens with one attached hydrogen (secondary N) is 1. The number of H-pyrrole nitrogens is 1. The lowest BCUT2D eigenvalue weighted by Crippen LogP contribution is -2.22. The third-order valence-corrected chi connectivity index (χ3v) is 7.17. The molecule has 0 radical (unpaired) electrons. The number of halogens is 2. The second kappa shape index (κ2) is 8.91. The van der Waals surface area contributed by atoms with Gasteiger partial charge in [-0.3, -0.25) is 0 Å². The SMILES string of the molecule is C[Si](C)(C)CCOCn1c(-c2ccnc3[nH]ccc23)cc(C(=O)O)c1-c1ccc(F)cc1F. The van der Waals surface area contributed by atoms with E-state index in [1.165, 1.54) is 12.1 Å². The van der Waals surface area contributed by atoms with Gasteiger partial charge in [0.1, 0.15) is 24.0 Å². The van der Waals surface area contributed by atoms with E-state index in [0.29, 0.717) is 17.9 Å². The fourth-order valence-electron chi connectivity index (χ4n) is 3.76. The van der Waals surface area contributed by atoms with Gasteiger partial charge in [0.2, 0.25) is 0 Å². The lowest BCUT2D eigenvalue weighted by molar-refractivity contribution is 0.0696. The van der Waals surface area contributed by atoms with Crippen LogP contribution in [0.5, 0.6) is 0 Å². The number of nitrogens with zero attached hydrogens (tertiary/aromatic N) is 2. The van der Waals surface area contributed by atoms with E-state index in [2.05, 4.69) is 29.6 Å². The molecule has 0 aliphatic rings. The molecule has 0 spiro atoms. The van der Waals surface area contributed by atoms with E-state index in [4.69, 9.17) is 4.74 Å². The van der Waals surface area contributed by atoms with Crippen molar-refractivity contribution in [1.29, 1.82) is 0 Å². The van der Waals surface area contributed by atoms with Gasteiger partial charge in [-0.1, -0.05) is 19.6 Å². The number of hydrogen-bond acceptors (Lipinski definition) is 3. The van der Waals surface area contributed by atoms with Crippen molar-refractivity contribution in [2.75, 3.05) is 6.61 Å². The van der Waals surface area contributed by atoms with Crippen molar-refractivity contribution in [2.24, 2.45) is 0 Å². The molecule has 1 aromatic carbocycles. The van der Waals surface area contributed by atoms with Crippen LogP contribution in [-0.4, -0.2) is 40.3 Å². The first kappa shape index (κ1) is 22.9. The summed E-state index contributed by atoms with van der Waals surface area (Å²) in [5.74, 6) is -2.79. The largest absolute Gasteiger partial charge is 0.478 e. The Kier molecular flexibility index (Phi) is 6.18. The van der Waals surface area contributed by atoms with E-state index in [0.717, 1.165) is 29.1 Å². The maximum Gasteiger partial charge on any atom is 0.337 e. The monoisotopic (exact) mass is 469 g/mol. The zero-order valence-electron chi connectivity index (χ0n) is 18.7. The zero-order valence-corrected chi connectivity index (χ0v) is 19.7. The molecule has 0 saturated heterocycles. The predicted molar refractivity (Wildman–Crippen MR) is 126 cm³/mol. The van der Waals surface area contributed by atoms with E-state index in [9.17, 15) is 18.7 Å². The van der Waals surface area contributed by atoms with Crippen LogP contribution in [0.3, 0.4) is 0 Å². The lowest BCUT2D eigenvalue weighted by atomic mass is 10.1. The second-order valence-electron chi connectivity index (χ2n) is 9.10. The van der Waals surface area contributed by atoms with Gasteiger partial charge in [0, 0.05) is 49.7 Å². The fraction of sp³-hybridized carbons (Fsp3) is 0.250. The standard InChI is InChI=1S/C24H25F2N3O3Si/c1-33(2,3)11-10-32-14-29-21(16-6-8-27-23-17(16)7-9-28-23)13-19(24(30)31)22(29)18-5-4-15(25)12-20(18)26/h4-9,12-13H,10-11,14H2,1-3H3,(H,27,28)(H,30,31). The van der Waals surface area contributed by atoms with Crippen molar-refractivity contribution in [2.45, 2.75) is 32.4 Å². The highest BCUT2D eigenvalue weighted by Gasteiger charge is 2.25. The number of carbonyl (C=O) groups is 1. The number of carboxylic acids is 1. The molecule has 33 heavy (non-hydrogen) atoms. The van der Waals surface area contributed by atoms with Gasteiger partial charge >= 0.3 is 5.97 Å². The number of hydrogen-bond donors (Lipinski definition) is 2. The quantitative estimate of drug-likeness (QED) is 0.245. The van der Waals surface area contributed by atoms with Crippen LogP contribution in [0, 0.1) is 11.6 Å². The molecule has 0 aliphatic heterocycles. The van der Waals surface area contributed by atoms with Crippen LogP contribution in [0.2, 0.25) is 25.7 Å². The summed E-state index contributed by atoms with van der Waals surface area (Å²) in [4.78, 5) is 19.5. The van der Waals surface area contributed by atoms with Crippen LogP contribution in [0.4, 0.5) is 8.78 Å². The molecule has 4 rings (SSSR count). The minimum Gasteiger partial charge on any atom is -0.478 e. The minimum atomic E-state index is -1.35. The maximum absolute atomic E-state index is 14.8. The second-order valence-corrected chi connectivity index (χ2v) is 14.7. The van der Waals surface area contributed by atoms with E-state index < -0.39 is 25.7 Å². The smallest absolute Gasteiger partial charge is 0.337 e. The van der Waals surface area contributed by atoms with Gasteiger partial charge in [0.25, 0.3) is 0 Å². The molecule has 0 bridgehead atoms. The van der Waals surface area contributed by atoms with Crippen molar-refractivity contribution >= 4 is 25.1 Å². The van der Waals surface area contributed by atoms with Crippen molar-refractivity contribution in [3.05, 3.63) is 66.0 Å². The van der Waals surface area contributed by atoms with Crippen LogP contribution in [-0.2, 0) is 11.5 Å². The van der Waals surface area contributed by atoms with Crippen molar-refractivity contribution in [3.8, 4) is 22.5 Å². The van der Waals surface area contributed by atoms with E-state index in [1.54, 1.807) is 23.0 Å². The molecule has 0 fully saturated rings. The summed E-state index contributed by atoms with van der Waals surface area (Å²) in [5.41, 5.74) is 1.95. The number of fused-ring (bicyclic) bond motifs is 1. The molecule has 4 aromatic rings. The summed E-state index contributed by atoms with van der Waals surface area (Å²) in [6, 6.07) is 9.18. The van der Waals surface area contributed by atoms with Gasteiger partial charge in [0.05, 0.1) is 17.0 Å². The third kappa shape index (κ3) is 4.74. The number of aromatic carboxylic acids is 1. The molecule has 0 amide bonds. The Morgan fingerprint density at radius 3 is 2.64 bits per heavy atom. The molecule has 3 heterocycles. The average molecular weight is 470 g/mol. The molecule has 0 aliphatic carbocycles. The molecule has 0 atom stereocenters. The Hall–Kier alpha value is -3.30. The molecule has 0 unspecified atom stereocenters. The lowest BCUT2D eigenvalue weighted by Gasteiger charge is -2.18. The number of pyridine rings is 1. The number of aromatic nitrogens is 3. The van der Waals surface area contributed by atoms with Gasteiger partial charge in [-0.15, -0.1) is 0 Å². The van der Waals surface area contributed by atoms with Gasteiger partial charge in [0.15, 0.2) is 0 Å². The highest BCUT2D eigenvalue weighted by Crippen LogP contribution is 2.37. The number of carboxylic acid groups (broad SMARTS) is 1. The van der Waals surface area contributed by atoms with Crippen LogP contribution >= 0.6 is 0 Å². The van der Waals surface area contributed by atoms with E-state index >= 15 is 0 Å². The van der Waals surface area contributed by atoms with Gasteiger partial charge in [-0.05, 0) is 36.4 Å². The number of ether oxygens (including phenoxy) is 1. The summed E-state index contributed by atoms with van der Waals surface area (Å²) in [5, 5.41) is 10.7. The van der Waals surface area contributed by atoms with Crippen LogP contribution in [0.25, 0.3) is 33.5 Å². The number of benzene rings is 1. The fourth-order valence-corrected chi connectivity index (χ4v) is 4.52.